The average Bonchev–Trinajstić information content (AvgIpc) is 2.93. The van der Waals surface area contributed by atoms with Crippen LogP contribution in [0, 0.1) is 0 Å². The first-order valence-corrected chi connectivity index (χ1v) is 4.93. The topological polar surface area (TPSA) is 75.4 Å². The number of nitrogens with zero attached hydrogens (tertiary/aromatic N) is 1. The highest BCUT2D eigenvalue weighted by atomic mass is 16.2. The van der Waals surface area contributed by atoms with E-state index in [1.54, 1.807) is 0 Å². The predicted octanol–water partition coefficient (Wildman–Crippen LogP) is -0.928. The Morgan fingerprint density at radius 2 is 2.14 bits per heavy atom. The number of carbonyl (C=O) groups excluding carboxylic acids is 2. The highest BCUT2D eigenvalue weighted by molar-refractivity contribution is 5.84. The second-order valence-corrected chi connectivity index (χ2v) is 3.53. The van der Waals surface area contributed by atoms with Gasteiger partial charge in [0.15, 0.2) is 0 Å². The van der Waals surface area contributed by atoms with Crippen molar-refractivity contribution in [3.8, 4) is 0 Å². The van der Waals surface area contributed by atoms with E-state index in [1.807, 2.05) is 6.92 Å². The molecule has 1 aliphatic carbocycles. The van der Waals surface area contributed by atoms with Gasteiger partial charge >= 0.3 is 0 Å². The van der Waals surface area contributed by atoms with Gasteiger partial charge < -0.3 is 16.0 Å². The molecule has 3 N–H and O–H groups in total. The van der Waals surface area contributed by atoms with Crippen LogP contribution >= 0.6 is 0 Å². The van der Waals surface area contributed by atoms with E-state index in [0.29, 0.717) is 19.1 Å². The molecule has 1 rings (SSSR count). The van der Waals surface area contributed by atoms with Crippen molar-refractivity contribution in [1.82, 2.24) is 10.2 Å². The number of rotatable bonds is 6. The highest BCUT2D eigenvalue weighted by Gasteiger charge is 2.22. The Bertz CT molecular complexity index is 226. The van der Waals surface area contributed by atoms with Crippen LogP contribution in [0.25, 0.3) is 0 Å². The first-order valence-electron chi connectivity index (χ1n) is 4.93. The molecule has 80 valence electrons. The number of likely N-dealkylation sites (N-methyl/N-ethyl adjacent to an activating group) is 1. The molecule has 0 aromatic carbocycles. The summed E-state index contributed by atoms with van der Waals surface area (Å²) in [5, 5.41) is 3.10. The lowest BCUT2D eigenvalue weighted by Gasteiger charge is -2.19. The molecule has 0 bridgehead atoms. The van der Waals surface area contributed by atoms with E-state index in [1.165, 1.54) is 4.90 Å². The van der Waals surface area contributed by atoms with Crippen molar-refractivity contribution < 1.29 is 9.59 Å². The third-order valence-corrected chi connectivity index (χ3v) is 2.20. The highest BCUT2D eigenvalue weighted by Crippen LogP contribution is 2.18. The van der Waals surface area contributed by atoms with Crippen LogP contribution in [0.2, 0.25) is 0 Å². The molecule has 5 heteroatoms. The molecule has 0 saturated heterocycles. The number of amides is 2. The van der Waals surface area contributed by atoms with Gasteiger partial charge in [-0.05, 0) is 19.8 Å². The molecule has 1 saturated carbocycles. The van der Waals surface area contributed by atoms with Gasteiger partial charge in [0.05, 0.1) is 13.1 Å². The molecule has 0 radical (unpaired) electrons. The van der Waals surface area contributed by atoms with Crippen LogP contribution in [0.3, 0.4) is 0 Å². The summed E-state index contributed by atoms with van der Waals surface area (Å²) < 4.78 is 0. The third kappa shape index (κ3) is 3.74. The normalized spacial score (nSPS) is 15.2. The zero-order chi connectivity index (χ0) is 10.6. The molecule has 0 aromatic heterocycles. The number of nitrogens with one attached hydrogen (secondary N) is 1. The van der Waals surface area contributed by atoms with Crippen LogP contribution in [0.15, 0.2) is 0 Å². The number of hydrogen-bond acceptors (Lipinski definition) is 3. The van der Waals surface area contributed by atoms with Gasteiger partial charge in [-0.2, -0.15) is 0 Å². The smallest absolute Gasteiger partial charge is 0.237 e. The van der Waals surface area contributed by atoms with Gasteiger partial charge in [0.1, 0.15) is 0 Å². The van der Waals surface area contributed by atoms with Crippen molar-refractivity contribution >= 4 is 11.8 Å². The van der Waals surface area contributed by atoms with Crippen LogP contribution in [-0.4, -0.2) is 42.4 Å². The first kappa shape index (κ1) is 11.0. The van der Waals surface area contributed by atoms with Gasteiger partial charge in [-0.1, -0.05) is 0 Å². The summed E-state index contributed by atoms with van der Waals surface area (Å²) in [6, 6.07) is 0.506. The van der Waals surface area contributed by atoms with Gasteiger partial charge in [-0.3, -0.25) is 9.59 Å². The predicted molar refractivity (Wildman–Crippen MR) is 52.5 cm³/mol. The van der Waals surface area contributed by atoms with Crippen molar-refractivity contribution in [3.05, 3.63) is 0 Å². The lowest BCUT2D eigenvalue weighted by molar-refractivity contribution is -0.134. The van der Waals surface area contributed by atoms with E-state index in [9.17, 15) is 9.59 Å². The summed E-state index contributed by atoms with van der Waals surface area (Å²) >= 11 is 0. The number of nitrogens with two attached hydrogens (primary N) is 1. The Labute approximate surface area is 83.6 Å². The quantitative estimate of drug-likeness (QED) is 0.580. The summed E-state index contributed by atoms with van der Waals surface area (Å²) in [6.45, 7) is 2.68. The van der Waals surface area contributed by atoms with E-state index < -0.39 is 5.91 Å². The van der Waals surface area contributed by atoms with Crippen LogP contribution in [0.5, 0.6) is 0 Å². The summed E-state index contributed by atoms with van der Waals surface area (Å²) in [4.78, 5) is 23.6. The standard InChI is InChI=1S/C9H17N3O2/c1-2-12(6-8(10)13)9(14)5-11-7-3-4-7/h7,11H,2-6H2,1H3,(H2,10,13). The van der Waals surface area contributed by atoms with Gasteiger partial charge in [0, 0.05) is 12.6 Å². The zero-order valence-corrected chi connectivity index (χ0v) is 8.45. The lowest BCUT2D eigenvalue weighted by atomic mass is 10.4. The number of hydrogen-bond donors (Lipinski definition) is 2. The van der Waals surface area contributed by atoms with Crippen LogP contribution < -0.4 is 11.1 Å². The summed E-state index contributed by atoms with van der Waals surface area (Å²) in [7, 11) is 0. The maximum atomic E-state index is 11.5. The number of primary amides is 1. The molecule has 0 heterocycles. The van der Waals surface area contributed by atoms with Gasteiger partial charge in [-0.25, -0.2) is 0 Å². The molecule has 0 unspecified atom stereocenters. The molecule has 0 atom stereocenters. The van der Waals surface area contributed by atoms with Crippen LogP contribution in [0.1, 0.15) is 19.8 Å². The molecule has 0 aromatic rings. The average molecular weight is 199 g/mol. The van der Waals surface area contributed by atoms with Crippen molar-refractivity contribution in [1.29, 1.82) is 0 Å². The van der Waals surface area contributed by atoms with Gasteiger partial charge in [-0.15, -0.1) is 0 Å². The van der Waals surface area contributed by atoms with Gasteiger partial charge in [0.25, 0.3) is 0 Å². The van der Waals surface area contributed by atoms with E-state index in [4.69, 9.17) is 5.73 Å². The van der Waals surface area contributed by atoms with Crippen LogP contribution in [0.4, 0.5) is 0 Å². The lowest BCUT2D eigenvalue weighted by Crippen LogP contribution is -2.43. The minimum absolute atomic E-state index is 0.0156. The molecule has 1 fully saturated rings. The Morgan fingerprint density at radius 3 is 2.57 bits per heavy atom. The minimum atomic E-state index is -0.466. The molecule has 14 heavy (non-hydrogen) atoms. The first-order chi connectivity index (χ1) is 6.63. The number of carbonyl (C=O) groups is 2. The third-order valence-electron chi connectivity index (χ3n) is 2.20. The minimum Gasteiger partial charge on any atom is -0.368 e. The molecular weight excluding hydrogens is 182 g/mol. The largest absolute Gasteiger partial charge is 0.368 e. The Hall–Kier alpha value is -1.10. The molecular formula is C9H17N3O2. The maximum absolute atomic E-state index is 11.5. The SMILES string of the molecule is CCN(CC(N)=O)C(=O)CNC1CC1. The fourth-order valence-electron chi connectivity index (χ4n) is 1.20. The van der Waals surface area contributed by atoms with Crippen molar-refractivity contribution in [3.63, 3.8) is 0 Å². The van der Waals surface area contributed by atoms with E-state index in [-0.39, 0.29) is 12.5 Å². The summed E-state index contributed by atoms with van der Waals surface area (Å²) in [5.74, 6) is -0.523. The Balaban J connectivity index is 2.26. The molecule has 0 spiro atoms. The van der Waals surface area contributed by atoms with Crippen molar-refractivity contribution in [2.45, 2.75) is 25.8 Å². The van der Waals surface area contributed by atoms with Gasteiger partial charge in [0.2, 0.25) is 11.8 Å². The maximum Gasteiger partial charge on any atom is 0.237 e. The monoisotopic (exact) mass is 199 g/mol. The zero-order valence-electron chi connectivity index (χ0n) is 8.45. The van der Waals surface area contributed by atoms with E-state index in [2.05, 4.69) is 5.32 Å². The molecule has 5 nitrogen and oxygen atoms in total. The second-order valence-electron chi connectivity index (χ2n) is 3.53. The Kier molecular flexibility index (Phi) is 3.88. The van der Waals surface area contributed by atoms with Crippen molar-refractivity contribution in [2.75, 3.05) is 19.6 Å². The van der Waals surface area contributed by atoms with Crippen LogP contribution in [-0.2, 0) is 9.59 Å². The molecule has 1 aliphatic rings. The fraction of sp³-hybridized carbons (Fsp3) is 0.778. The fourth-order valence-corrected chi connectivity index (χ4v) is 1.20. The van der Waals surface area contributed by atoms with E-state index >= 15 is 0 Å². The second kappa shape index (κ2) is 4.95. The van der Waals surface area contributed by atoms with E-state index in [0.717, 1.165) is 12.8 Å². The summed E-state index contributed by atoms with van der Waals surface area (Å²) in [6.07, 6.45) is 2.30. The molecule has 2 amide bonds. The molecule has 0 aliphatic heterocycles. The Morgan fingerprint density at radius 1 is 1.50 bits per heavy atom. The summed E-state index contributed by atoms with van der Waals surface area (Å²) in [5.41, 5.74) is 5.02. The van der Waals surface area contributed by atoms with Crippen molar-refractivity contribution in [2.24, 2.45) is 5.73 Å².